The molecule has 3 amide bonds. The number of alkyl carbamates (subject to hydrolysis) is 1. The second kappa shape index (κ2) is 12.8. The molecule has 9 heteroatoms. The van der Waals surface area contributed by atoms with Crippen LogP contribution in [0.1, 0.15) is 59.1 Å². The molecule has 0 aliphatic carbocycles. The third-order valence-electron chi connectivity index (χ3n) is 4.57. The summed E-state index contributed by atoms with van der Waals surface area (Å²) in [7, 11) is -1.44. The molecule has 0 radical (unpaired) electrons. The van der Waals surface area contributed by atoms with Crippen molar-refractivity contribution in [3.05, 3.63) is 35.4 Å². The van der Waals surface area contributed by atoms with Crippen LogP contribution in [0.15, 0.2) is 24.3 Å². The van der Waals surface area contributed by atoms with Gasteiger partial charge in [0.25, 0.3) is 0 Å². The van der Waals surface area contributed by atoms with Crippen LogP contribution in [0.5, 0.6) is 0 Å². The molecule has 0 spiro atoms. The minimum atomic E-state index is -1.44. The number of hydrogen-bond acceptors (Lipinski definition) is 5. The summed E-state index contributed by atoms with van der Waals surface area (Å²) in [6.45, 7) is 17.1. The summed E-state index contributed by atoms with van der Waals surface area (Å²) in [5.41, 5.74) is 9.56. The molecule has 1 aromatic carbocycles. The van der Waals surface area contributed by atoms with Gasteiger partial charge >= 0.3 is 12.2 Å². The van der Waals surface area contributed by atoms with Gasteiger partial charge in [0.1, 0.15) is 25.3 Å². The standard InChI is InChI=1S/C27H43N3O5Si/c1-26(2,3)34-24(32)29-19-22(23(28)31)30(25(33)35-27(4,5)6)17-10-11-20-12-14-21(15-13-20)16-18-36(7,8)9/h12-15,22H,10-11,17,19H2,1-9H3,(H2,28,31)(H,29,32)/t22-/m0/s1. The largest absolute Gasteiger partial charge is 0.444 e. The number of rotatable bonds is 8. The van der Waals surface area contributed by atoms with Crippen molar-refractivity contribution >= 4 is 26.2 Å². The van der Waals surface area contributed by atoms with Crippen LogP contribution in [-0.4, -0.2) is 61.4 Å². The minimum absolute atomic E-state index is 0.187. The summed E-state index contributed by atoms with van der Waals surface area (Å²) in [5, 5.41) is 2.53. The van der Waals surface area contributed by atoms with Gasteiger partial charge in [-0.05, 0) is 72.1 Å². The van der Waals surface area contributed by atoms with Crippen molar-refractivity contribution in [3.8, 4) is 11.5 Å². The number of amides is 3. The van der Waals surface area contributed by atoms with Crippen LogP contribution in [-0.2, 0) is 20.7 Å². The van der Waals surface area contributed by atoms with Gasteiger partial charge in [0, 0.05) is 12.1 Å². The van der Waals surface area contributed by atoms with Gasteiger partial charge in [0.2, 0.25) is 5.91 Å². The number of carbonyl (C=O) groups excluding carboxylic acids is 3. The van der Waals surface area contributed by atoms with Gasteiger partial charge in [-0.25, -0.2) is 9.59 Å². The molecule has 0 heterocycles. The van der Waals surface area contributed by atoms with E-state index in [1.807, 2.05) is 24.3 Å². The Labute approximate surface area is 217 Å². The van der Waals surface area contributed by atoms with Gasteiger partial charge in [-0.1, -0.05) is 37.7 Å². The first kappa shape index (κ1) is 31.0. The summed E-state index contributed by atoms with van der Waals surface area (Å²) in [4.78, 5) is 38.6. The number of nitrogens with two attached hydrogens (primary N) is 1. The zero-order valence-electron chi connectivity index (χ0n) is 23.3. The van der Waals surface area contributed by atoms with E-state index in [4.69, 9.17) is 15.2 Å². The molecule has 1 rings (SSSR count). The molecule has 200 valence electrons. The van der Waals surface area contributed by atoms with Crippen molar-refractivity contribution in [2.45, 2.75) is 91.3 Å². The highest BCUT2D eigenvalue weighted by molar-refractivity contribution is 6.83. The van der Waals surface area contributed by atoms with E-state index >= 15 is 0 Å². The number of primary amides is 1. The Morgan fingerprint density at radius 3 is 2.03 bits per heavy atom. The van der Waals surface area contributed by atoms with Crippen LogP contribution in [0, 0.1) is 11.5 Å². The van der Waals surface area contributed by atoms with Crippen LogP contribution >= 0.6 is 0 Å². The van der Waals surface area contributed by atoms with E-state index in [1.165, 1.54) is 4.90 Å². The number of nitrogens with zero attached hydrogens (tertiary/aromatic N) is 1. The topological polar surface area (TPSA) is 111 Å². The van der Waals surface area contributed by atoms with E-state index in [1.54, 1.807) is 41.5 Å². The second-order valence-electron chi connectivity index (χ2n) is 11.8. The molecule has 0 aromatic heterocycles. The fourth-order valence-electron chi connectivity index (χ4n) is 3.02. The quantitative estimate of drug-likeness (QED) is 0.391. The van der Waals surface area contributed by atoms with E-state index in [0.29, 0.717) is 12.8 Å². The maximum atomic E-state index is 13.0. The van der Waals surface area contributed by atoms with E-state index in [9.17, 15) is 14.4 Å². The van der Waals surface area contributed by atoms with Gasteiger partial charge in [0.15, 0.2) is 0 Å². The monoisotopic (exact) mass is 517 g/mol. The van der Waals surface area contributed by atoms with Crippen LogP contribution < -0.4 is 11.1 Å². The number of nitrogens with one attached hydrogen (secondary N) is 1. The smallest absolute Gasteiger partial charge is 0.411 e. The lowest BCUT2D eigenvalue weighted by atomic mass is 10.1. The Morgan fingerprint density at radius 1 is 1.00 bits per heavy atom. The Balaban J connectivity index is 2.93. The first-order valence-electron chi connectivity index (χ1n) is 12.2. The molecule has 0 aliphatic rings. The normalized spacial score (nSPS) is 12.6. The zero-order chi connectivity index (χ0) is 27.7. The molecule has 36 heavy (non-hydrogen) atoms. The SMILES string of the molecule is CC(C)(C)OC(=O)NC[C@@H](C(N)=O)N(CCCc1ccc(C#C[Si](C)(C)C)cc1)C(=O)OC(C)(C)C. The molecule has 0 unspecified atom stereocenters. The molecular weight excluding hydrogens is 474 g/mol. The van der Waals surface area contributed by atoms with E-state index in [2.05, 4.69) is 36.4 Å². The first-order chi connectivity index (χ1) is 16.4. The number of aryl methyl sites for hydroxylation is 1. The lowest BCUT2D eigenvalue weighted by molar-refractivity contribution is -0.123. The maximum Gasteiger partial charge on any atom is 0.411 e. The highest BCUT2D eigenvalue weighted by Crippen LogP contribution is 2.15. The second-order valence-corrected chi connectivity index (χ2v) is 16.5. The van der Waals surface area contributed by atoms with Gasteiger partial charge < -0.3 is 20.5 Å². The van der Waals surface area contributed by atoms with Crippen molar-refractivity contribution in [1.29, 1.82) is 0 Å². The average Bonchev–Trinajstić information content (AvgIpc) is 2.68. The third-order valence-corrected chi connectivity index (χ3v) is 5.45. The van der Waals surface area contributed by atoms with Gasteiger partial charge in [0.05, 0.1) is 6.54 Å². The van der Waals surface area contributed by atoms with Crippen molar-refractivity contribution in [3.63, 3.8) is 0 Å². The molecule has 0 saturated carbocycles. The van der Waals surface area contributed by atoms with Crippen LogP contribution in [0.3, 0.4) is 0 Å². The average molecular weight is 518 g/mol. The third kappa shape index (κ3) is 13.2. The molecule has 1 atom stereocenters. The highest BCUT2D eigenvalue weighted by Gasteiger charge is 2.32. The molecule has 0 bridgehead atoms. The van der Waals surface area contributed by atoms with Crippen LogP contribution in [0.2, 0.25) is 19.6 Å². The fraction of sp³-hybridized carbons (Fsp3) is 0.593. The van der Waals surface area contributed by atoms with Crippen molar-refractivity contribution < 1.29 is 23.9 Å². The molecule has 8 nitrogen and oxygen atoms in total. The molecular formula is C27H43N3O5Si. The van der Waals surface area contributed by atoms with Gasteiger partial charge in [-0.15, -0.1) is 5.54 Å². The predicted octanol–water partition coefficient (Wildman–Crippen LogP) is 4.46. The Bertz CT molecular complexity index is 961. The van der Waals surface area contributed by atoms with Crippen molar-refractivity contribution in [2.75, 3.05) is 13.1 Å². The zero-order valence-corrected chi connectivity index (χ0v) is 24.3. The van der Waals surface area contributed by atoms with E-state index in [0.717, 1.165) is 11.1 Å². The maximum absolute atomic E-state index is 13.0. The van der Waals surface area contributed by atoms with Crippen LogP contribution in [0.4, 0.5) is 9.59 Å². The van der Waals surface area contributed by atoms with Crippen LogP contribution in [0.25, 0.3) is 0 Å². The predicted molar refractivity (Wildman–Crippen MR) is 145 cm³/mol. The Hall–Kier alpha value is -2.99. The molecule has 1 aromatic rings. The molecule has 0 aliphatic heterocycles. The van der Waals surface area contributed by atoms with E-state index in [-0.39, 0.29) is 13.1 Å². The summed E-state index contributed by atoms with van der Waals surface area (Å²) < 4.78 is 10.7. The van der Waals surface area contributed by atoms with Crippen molar-refractivity contribution in [2.24, 2.45) is 5.73 Å². The summed E-state index contributed by atoms with van der Waals surface area (Å²) >= 11 is 0. The number of carbonyl (C=O) groups is 3. The minimum Gasteiger partial charge on any atom is -0.444 e. The number of hydrogen-bond donors (Lipinski definition) is 2. The van der Waals surface area contributed by atoms with Gasteiger partial charge in [-0.3, -0.25) is 9.69 Å². The van der Waals surface area contributed by atoms with Crippen molar-refractivity contribution in [1.82, 2.24) is 10.2 Å². The fourth-order valence-corrected chi connectivity index (χ4v) is 3.54. The summed E-state index contributed by atoms with van der Waals surface area (Å²) in [6, 6.07) is 6.92. The summed E-state index contributed by atoms with van der Waals surface area (Å²) in [5.74, 6) is 2.49. The molecule has 3 N–H and O–H groups in total. The number of benzene rings is 1. The lowest BCUT2D eigenvalue weighted by Crippen LogP contribution is -2.55. The Morgan fingerprint density at radius 2 is 1.56 bits per heavy atom. The molecule has 0 saturated heterocycles. The van der Waals surface area contributed by atoms with E-state index < -0.39 is 43.4 Å². The Kier molecular flexibility index (Phi) is 11.0. The number of ether oxygens (including phenoxy) is 2. The molecule has 0 fully saturated rings. The van der Waals surface area contributed by atoms with Gasteiger partial charge in [-0.2, -0.15) is 0 Å². The first-order valence-corrected chi connectivity index (χ1v) is 15.7. The highest BCUT2D eigenvalue weighted by atomic mass is 28.3. The summed E-state index contributed by atoms with van der Waals surface area (Å²) in [6.07, 6.45) is -0.133. The lowest BCUT2D eigenvalue weighted by Gasteiger charge is -2.32.